The molecule has 0 fully saturated rings. The first kappa shape index (κ1) is 14.4. The van der Waals surface area contributed by atoms with Crippen molar-refractivity contribution in [2.75, 3.05) is 0 Å². The van der Waals surface area contributed by atoms with Gasteiger partial charge in [-0.3, -0.25) is 4.79 Å². The number of para-hydroxylation sites is 2. The molecular weight excluding hydrogens is 278 g/mol. The fourth-order valence-electron chi connectivity index (χ4n) is 2.50. The minimum atomic E-state index is -0.0542. The lowest BCUT2D eigenvalue weighted by Gasteiger charge is -2.11. The van der Waals surface area contributed by atoms with Gasteiger partial charge in [-0.05, 0) is 24.3 Å². The molecule has 1 N–H and O–H groups in total. The molecule has 0 bridgehead atoms. The summed E-state index contributed by atoms with van der Waals surface area (Å²) in [5, 5.41) is 2.87. The molecule has 0 radical (unpaired) electrons. The number of aromatic nitrogens is 2. The lowest BCUT2D eigenvalue weighted by atomic mass is 10.2. The lowest BCUT2D eigenvalue weighted by Crippen LogP contribution is -2.27. The molecule has 3 rings (SSSR count). The van der Waals surface area contributed by atoms with Gasteiger partial charge < -0.3 is 14.3 Å². The number of fused-ring (bicyclic) bond motifs is 1. The zero-order valence-electron chi connectivity index (χ0n) is 12.7. The van der Waals surface area contributed by atoms with Crippen LogP contribution in [-0.2, 0) is 17.9 Å². The second-order valence-electron chi connectivity index (χ2n) is 5.56. The highest BCUT2D eigenvalue weighted by Gasteiger charge is 2.15. The van der Waals surface area contributed by atoms with Gasteiger partial charge in [0.15, 0.2) is 0 Å². The Morgan fingerprint density at radius 2 is 2.09 bits per heavy atom. The zero-order chi connectivity index (χ0) is 15.5. The van der Waals surface area contributed by atoms with Crippen molar-refractivity contribution in [2.24, 2.45) is 0 Å². The molecule has 0 saturated carbocycles. The molecule has 2 aromatic heterocycles. The van der Waals surface area contributed by atoms with Crippen LogP contribution in [0.15, 0.2) is 47.1 Å². The highest BCUT2D eigenvalue weighted by Crippen LogP contribution is 2.21. The number of benzene rings is 1. The Hall–Kier alpha value is -2.56. The molecule has 0 saturated heterocycles. The Bertz CT molecular complexity index is 772. The predicted octanol–water partition coefficient (Wildman–Crippen LogP) is 3.07. The van der Waals surface area contributed by atoms with Crippen molar-refractivity contribution in [3.63, 3.8) is 0 Å². The Labute approximate surface area is 129 Å². The summed E-state index contributed by atoms with van der Waals surface area (Å²) in [6, 6.07) is 11.5. The molecule has 2 heterocycles. The highest BCUT2D eigenvalue weighted by molar-refractivity contribution is 5.81. The number of carbonyl (C=O) groups is 1. The van der Waals surface area contributed by atoms with Crippen molar-refractivity contribution in [2.45, 2.75) is 32.9 Å². The Morgan fingerprint density at radius 1 is 1.27 bits per heavy atom. The number of amides is 1. The van der Waals surface area contributed by atoms with Crippen LogP contribution in [0.3, 0.4) is 0 Å². The van der Waals surface area contributed by atoms with E-state index in [1.807, 2.05) is 41.0 Å². The second-order valence-corrected chi connectivity index (χ2v) is 5.56. The number of nitrogens with one attached hydrogen (secondary N) is 1. The summed E-state index contributed by atoms with van der Waals surface area (Å²) in [7, 11) is 0. The van der Waals surface area contributed by atoms with E-state index in [-0.39, 0.29) is 18.4 Å². The fraction of sp³-hybridized carbons (Fsp3) is 0.294. The molecule has 1 amide bonds. The molecule has 22 heavy (non-hydrogen) atoms. The van der Waals surface area contributed by atoms with E-state index in [1.165, 1.54) is 0 Å². The number of rotatable bonds is 5. The average Bonchev–Trinajstić information content (AvgIpc) is 3.13. The van der Waals surface area contributed by atoms with E-state index in [0.717, 1.165) is 22.6 Å². The average molecular weight is 297 g/mol. The molecule has 0 spiro atoms. The Kier molecular flexibility index (Phi) is 3.96. The zero-order valence-corrected chi connectivity index (χ0v) is 12.7. The molecule has 0 aliphatic heterocycles. The summed E-state index contributed by atoms with van der Waals surface area (Å²) >= 11 is 0. The first-order chi connectivity index (χ1) is 10.6. The molecule has 5 nitrogen and oxygen atoms in total. The molecule has 5 heteroatoms. The molecule has 0 atom stereocenters. The molecular formula is C17H19N3O2. The van der Waals surface area contributed by atoms with Crippen molar-refractivity contribution in [1.29, 1.82) is 0 Å². The third kappa shape index (κ3) is 2.88. The van der Waals surface area contributed by atoms with Crippen LogP contribution in [0.4, 0.5) is 0 Å². The van der Waals surface area contributed by atoms with Crippen LogP contribution in [0.1, 0.15) is 31.4 Å². The van der Waals surface area contributed by atoms with Crippen molar-refractivity contribution < 1.29 is 9.21 Å². The van der Waals surface area contributed by atoms with Crippen molar-refractivity contribution in [3.05, 3.63) is 54.2 Å². The number of hydrogen-bond donors (Lipinski definition) is 1. The largest absolute Gasteiger partial charge is 0.467 e. The van der Waals surface area contributed by atoms with Gasteiger partial charge in [-0.15, -0.1) is 0 Å². The van der Waals surface area contributed by atoms with E-state index in [4.69, 9.17) is 4.42 Å². The minimum Gasteiger partial charge on any atom is -0.467 e. The molecule has 0 unspecified atom stereocenters. The van der Waals surface area contributed by atoms with E-state index >= 15 is 0 Å². The van der Waals surface area contributed by atoms with Crippen LogP contribution >= 0.6 is 0 Å². The number of imidazole rings is 1. The van der Waals surface area contributed by atoms with Crippen LogP contribution in [0, 0.1) is 0 Å². The summed E-state index contributed by atoms with van der Waals surface area (Å²) in [5.41, 5.74) is 1.91. The van der Waals surface area contributed by atoms with Gasteiger partial charge in [0.05, 0.1) is 23.8 Å². The van der Waals surface area contributed by atoms with E-state index in [2.05, 4.69) is 24.1 Å². The van der Waals surface area contributed by atoms with Gasteiger partial charge >= 0.3 is 0 Å². The van der Waals surface area contributed by atoms with Gasteiger partial charge in [0.25, 0.3) is 0 Å². The SMILES string of the molecule is CC(C)c1nc2ccccc2n1CC(=O)NCc1ccco1. The van der Waals surface area contributed by atoms with Crippen molar-refractivity contribution >= 4 is 16.9 Å². The molecule has 1 aromatic carbocycles. The van der Waals surface area contributed by atoms with Crippen molar-refractivity contribution in [3.8, 4) is 0 Å². The van der Waals surface area contributed by atoms with Gasteiger partial charge in [0, 0.05) is 5.92 Å². The summed E-state index contributed by atoms with van der Waals surface area (Å²) in [6.45, 7) is 4.82. The third-order valence-corrected chi connectivity index (χ3v) is 3.54. The lowest BCUT2D eigenvalue weighted by molar-refractivity contribution is -0.121. The van der Waals surface area contributed by atoms with E-state index in [0.29, 0.717) is 6.54 Å². The first-order valence-electron chi connectivity index (χ1n) is 7.39. The van der Waals surface area contributed by atoms with E-state index < -0.39 is 0 Å². The van der Waals surface area contributed by atoms with Crippen LogP contribution in [0.2, 0.25) is 0 Å². The predicted molar refractivity (Wildman–Crippen MR) is 84.4 cm³/mol. The maximum Gasteiger partial charge on any atom is 0.240 e. The fourth-order valence-corrected chi connectivity index (χ4v) is 2.50. The monoisotopic (exact) mass is 297 g/mol. The molecule has 3 aromatic rings. The van der Waals surface area contributed by atoms with Gasteiger partial charge in [-0.1, -0.05) is 26.0 Å². The quantitative estimate of drug-likeness (QED) is 0.787. The van der Waals surface area contributed by atoms with Crippen molar-refractivity contribution in [1.82, 2.24) is 14.9 Å². The van der Waals surface area contributed by atoms with Crippen LogP contribution in [0.25, 0.3) is 11.0 Å². The number of carbonyl (C=O) groups excluding carboxylic acids is 1. The maximum absolute atomic E-state index is 12.2. The summed E-state index contributed by atoms with van der Waals surface area (Å²) < 4.78 is 7.20. The van der Waals surface area contributed by atoms with Gasteiger partial charge in [-0.2, -0.15) is 0 Å². The minimum absolute atomic E-state index is 0.0542. The van der Waals surface area contributed by atoms with Crippen LogP contribution < -0.4 is 5.32 Å². The summed E-state index contributed by atoms with van der Waals surface area (Å²) in [5.74, 6) is 1.87. The third-order valence-electron chi connectivity index (χ3n) is 3.54. The number of hydrogen-bond acceptors (Lipinski definition) is 3. The molecule has 114 valence electrons. The van der Waals surface area contributed by atoms with E-state index in [1.54, 1.807) is 6.26 Å². The van der Waals surface area contributed by atoms with Gasteiger partial charge in [0.2, 0.25) is 5.91 Å². The first-order valence-corrected chi connectivity index (χ1v) is 7.39. The normalized spacial score (nSPS) is 11.2. The Morgan fingerprint density at radius 3 is 2.82 bits per heavy atom. The number of nitrogens with zero attached hydrogens (tertiary/aromatic N) is 2. The summed E-state index contributed by atoms with van der Waals surface area (Å²) in [6.07, 6.45) is 1.60. The van der Waals surface area contributed by atoms with E-state index in [9.17, 15) is 4.79 Å². The summed E-state index contributed by atoms with van der Waals surface area (Å²) in [4.78, 5) is 16.9. The standard InChI is InChI=1S/C17H19N3O2/c1-12(2)17-19-14-7-3-4-8-15(14)20(17)11-16(21)18-10-13-6-5-9-22-13/h3-9,12H,10-11H2,1-2H3,(H,18,21). The Balaban J connectivity index is 1.80. The van der Waals surface area contributed by atoms with Gasteiger partial charge in [-0.25, -0.2) is 4.98 Å². The number of furan rings is 1. The smallest absolute Gasteiger partial charge is 0.240 e. The maximum atomic E-state index is 12.2. The molecule has 0 aliphatic carbocycles. The molecule has 0 aliphatic rings. The van der Waals surface area contributed by atoms with Crippen LogP contribution in [-0.4, -0.2) is 15.5 Å². The second kappa shape index (κ2) is 6.05. The van der Waals surface area contributed by atoms with Crippen LogP contribution in [0.5, 0.6) is 0 Å². The topological polar surface area (TPSA) is 60.1 Å². The highest BCUT2D eigenvalue weighted by atomic mass is 16.3. The van der Waals surface area contributed by atoms with Gasteiger partial charge in [0.1, 0.15) is 18.1 Å².